The minimum absolute atomic E-state index is 0.0521. The number of imide groups is 1. The van der Waals surface area contributed by atoms with Gasteiger partial charge in [0.1, 0.15) is 6.04 Å². The van der Waals surface area contributed by atoms with E-state index in [1.54, 1.807) is 6.07 Å². The van der Waals surface area contributed by atoms with E-state index < -0.39 is 35.7 Å². The molecule has 4 amide bonds. The Morgan fingerprint density at radius 3 is 2.54 bits per heavy atom. The molecule has 5 rings (SSSR count). The molecule has 1 saturated heterocycles. The van der Waals surface area contributed by atoms with Crippen LogP contribution < -0.4 is 15.4 Å². The Bertz CT molecular complexity index is 1380. The van der Waals surface area contributed by atoms with Gasteiger partial charge in [-0.25, -0.2) is 28.1 Å². The van der Waals surface area contributed by atoms with Crippen molar-refractivity contribution in [3.63, 3.8) is 0 Å². The molecule has 218 valence electrons. The Labute approximate surface area is 236 Å². The quantitative estimate of drug-likeness (QED) is 0.323. The van der Waals surface area contributed by atoms with Crippen LogP contribution in [0.15, 0.2) is 53.9 Å². The third-order valence-corrected chi connectivity index (χ3v) is 8.37. The number of nitrogens with one attached hydrogen (secondary N) is 2. The van der Waals surface area contributed by atoms with Gasteiger partial charge in [-0.15, -0.1) is 0 Å². The van der Waals surface area contributed by atoms with Crippen molar-refractivity contribution >= 4 is 18.0 Å². The zero-order valence-corrected chi connectivity index (χ0v) is 22.9. The monoisotopic (exact) mass is 569 g/mol. The summed E-state index contributed by atoms with van der Waals surface area (Å²) < 4.78 is 33.7. The molecule has 10 nitrogen and oxygen atoms in total. The number of halogens is 2. The maximum Gasteiger partial charge on any atom is 0.337 e. The molecule has 0 spiro atoms. The fraction of sp³-hybridized carbons (Fsp3) is 0.448. The number of nitrogens with zero attached hydrogens (tertiary/aromatic N) is 3. The van der Waals surface area contributed by atoms with Crippen LogP contribution in [0.3, 0.4) is 0 Å². The number of hydrogen-bond acceptors (Lipinski definition) is 6. The number of pyridine rings is 1. The van der Waals surface area contributed by atoms with E-state index in [9.17, 15) is 28.4 Å². The fourth-order valence-electron chi connectivity index (χ4n) is 6.30. The molecule has 1 aromatic heterocycles. The molecule has 2 atom stereocenters. The molecule has 1 aromatic carbocycles. The van der Waals surface area contributed by atoms with Gasteiger partial charge in [-0.3, -0.25) is 4.90 Å². The normalized spacial score (nSPS) is 25.2. The second kappa shape index (κ2) is 11.8. The van der Waals surface area contributed by atoms with Gasteiger partial charge < -0.3 is 20.6 Å². The summed E-state index contributed by atoms with van der Waals surface area (Å²) in [6, 6.07) is 5.66. The number of benzene rings is 1. The minimum Gasteiger partial charge on any atom is -0.618 e. The van der Waals surface area contributed by atoms with Crippen LogP contribution in [0.2, 0.25) is 0 Å². The molecule has 1 aliphatic carbocycles. The molecule has 2 unspecified atom stereocenters. The van der Waals surface area contributed by atoms with Gasteiger partial charge >= 0.3 is 18.0 Å². The van der Waals surface area contributed by atoms with Crippen LogP contribution in [0, 0.1) is 16.8 Å². The summed E-state index contributed by atoms with van der Waals surface area (Å²) in [5.41, 5.74) is 0.942. The van der Waals surface area contributed by atoms with E-state index in [-0.39, 0.29) is 28.8 Å². The summed E-state index contributed by atoms with van der Waals surface area (Å²) in [6.07, 6.45) is 5.85. The number of esters is 1. The van der Waals surface area contributed by atoms with Gasteiger partial charge in [0, 0.05) is 48.9 Å². The van der Waals surface area contributed by atoms with E-state index in [0.29, 0.717) is 19.0 Å². The minimum atomic E-state index is -1.32. The second-order valence-corrected chi connectivity index (χ2v) is 10.8. The average Bonchev–Trinajstić information content (AvgIpc) is 3.42. The van der Waals surface area contributed by atoms with E-state index >= 15 is 0 Å². The third-order valence-electron chi connectivity index (χ3n) is 8.37. The first kappa shape index (κ1) is 28.5. The SMILES string of the molecule is COC(=O)C1=C(C)NC(=O)N(C(=O)NC2CCN(C3CCC(c4cccc[n+]4[O-])CC3)C2)C1c1ccc(F)c(F)c1. The molecule has 2 fully saturated rings. The van der Waals surface area contributed by atoms with Gasteiger partial charge in [0.2, 0.25) is 0 Å². The summed E-state index contributed by atoms with van der Waals surface area (Å²) in [6.45, 7) is 2.82. The number of urea groups is 2. The van der Waals surface area contributed by atoms with Gasteiger partial charge in [0.15, 0.2) is 23.5 Å². The highest BCUT2D eigenvalue weighted by Gasteiger charge is 2.43. The number of rotatable bonds is 5. The van der Waals surface area contributed by atoms with Crippen molar-refractivity contribution in [2.24, 2.45) is 0 Å². The summed E-state index contributed by atoms with van der Waals surface area (Å²) in [5.74, 6) is -2.86. The van der Waals surface area contributed by atoms with Crippen LogP contribution in [0.25, 0.3) is 0 Å². The Morgan fingerprint density at radius 2 is 1.85 bits per heavy atom. The molecule has 0 bridgehead atoms. The number of hydrogen-bond donors (Lipinski definition) is 2. The van der Waals surface area contributed by atoms with Gasteiger partial charge in [-0.05, 0) is 56.7 Å². The average molecular weight is 570 g/mol. The second-order valence-electron chi connectivity index (χ2n) is 10.8. The van der Waals surface area contributed by atoms with Crippen LogP contribution in [0.5, 0.6) is 0 Å². The standard InChI is InChI=1S/C29H33F2N5O5/c1-17-25(27(37)41-2)26(19-8-11-22(30)23(31)15-19)36(28(38)32-17)29(39)33-20-12-14-34(16-20)21-9-6-18(7-10-21)24-5-3-4-13-35(24)40/h3-5,8,11,13,15,18,20-21,26H,6-7,9-10,12,14,16H2,1-2H3,(H,32,38)(H,33,39). The molecular formula is C29H33F2N5O5. The highest BCUT2D eigenvalue weighted by molar-refractivity contribution is 6.01. The van der Waals surface area contributed by atoms with Crippen LogP contribution in [0.4, 0.5) is 18.4 Å². The Morgan fingerprint density at radius 1 is 1.10 bits per heavy atom. The largest absolute Gasteiger partial charge is 0.618 e. The van der Waals surface area contributed by atoms with E-state index in [1.165, 1.54) is 19.2 Å². The van der Waals surface area contributed by atoms with Crippen LogP contribution in [0.1, 0.15) is 62.2 Å². The zero-order chi connectivity index (χ0) is 29.3. The molecule has 41 heavy (non-hydrogen) atoms. The summed E-state index contributed by atoms with van der Waals surface area (Å²) in [5, 5.41) is 17.6. The van der Waals surface area contributed by atoms with Crippen molar-refractivity contribution in [2.75, 3.05) is 20.2 Å². The predicted octanol–water partition coefficient (Wildman–Crippen LogP) is 3.62. The number of amides is 4. The first-order valence-electron chi connectivity index (χ1n) is 13.7. The van der Waals surface area contributed by atoms with Crippen molar-refractivity contribution in [1.29, 1.82) is 0 Å². The first-order chi connectivity index (χ1) is 19.7. The lowest BCUT2D eigenvalue weighted by atomic mass is 9.83. The fourth-order valence-corrected chi connectivity index (χ4v) is 6.30. The van der Waals surface area contributed by atoms with Gasteiger partial charge in [-0.1, -0.05) is 12.1 Å². The Hall–Kier alpha value is -4.06. The molecule has 12 heteroatoms. The molecule has 3 heterocycles. The van der Waals surface area contributed by atoms with Crippen molar-refractivity contribution in [3.05, 3.63) is 82.0 Å². The Kier molecular flexibility index (Phi) is 8.20. The maximum absolute atomic E-state index is 14.2. The smallest absolute Gasteiger partial charge is 0.337 e. The lowest BCUT2D eigenvalue weighted by Gasteiger charge is -2.37. The van der Waals surface area contributed by atoms with E-state index in [4.69, 9.17) is 4.74 Å². The lowest BCUT2D eigenvalue weighted by Crippen LogP contribution is -2.56. The number of ether oxygens (including phenoxy) is 1. The zero-order valence-electron chi connectivity index (χ0n) is 22.9. The number of carbonyl (C=O) groups excluding carboxylic acids is 3. The van der Waals surface area contributed by atoms with Gasteiger partial charge in [0.25, 0.3) is 0 Å². The van der Waals surface area contributed by atoms with Crippen LogP contribution in [-0.2, 0) is 9.53 Å². The molecule has 3 aliphatic rings. The number of methoxy groups -OCH3 is 1. The van der Waals surface area contributed by atoms with Crippen molar-refractivity contribution in [3.8, 4) is 0 Å². The number of allylic oxidation sites excluding steroid dienone is 1. The predicted molar refractivity (Wildman–Crippen MR) is 143 cm³/mol. The van der Waals surface area contributed by atoms with Crippen molar-refractivity contribution in [1.82, 2.24) is 20.4 Å². The number of aromatic nitrogens is 1. The summed E-state index contributed by atoms with van der Waals surface area (Å²) in [4.78, 5) is 42.4. The lowest BCUT2D eigenvalue weighted by molar-refractivity contribution is -0.616. The van der Waals surface area contributed by atoms with E-state index in [1.807, 2.05) is 12.1 Å². The highest BCUT2D eigenvalue weighted by atomic mass is 19.2. The molecule has 2 aliphatic heterocycles. The number of carbonyl (C=O) groups is 3. The topological polar surface area (TPSA) is 118 Å². The molecule has 0 radical (unpaired) electrons. The van der Waals surface area contributed by atoms with Crippen molar-refractivity contribution < 1.29 is 32.6 Å². The van der Waals surface area contributed by atoms with Gasteiger partial charge in [-0.2, -0.15) is 4.73 Å². The molecule has 1 saturated carbocycles. The molecule has 2 N–H and O–H groups in total. The van der Waals surface area contributed by atoms with E-state index in [2.05, 4.69) is 15.5 Å². The molecule has 2 aromatic rings. The maximum atomic E-state index is 14.2. The van der Waals surface area contributed by atoms with Gasteiger partial charge in [0.05, 0.1) is 12.7 Å². The first-order valence-corrected chi connectivity index (χ1v) is 13.7. The summed E-state index contributed by atoms with van der Waals surface area (Å²) in [7, 11) is 1.16. The number of likely N-dealkylation sites (tertiary alicyclic amines) is 1. The van der Waals surface area contributed by atoms with Crippen molar-refractivity contribution in [2.45, 2.75) is 63.1 Å². The van der Waals surface area contributed by atoms with Crippen LogP contribution in [-0.4, -0.2) is 60.1 Å². The summed E-state index contributed by atoms with van der Waals surface area (Å²) >= 11 is 0. The van der Waals surface area contributed by atoms with Crippen LogP contribution >= 0.6 is 0 Å². The Balaban J connectivity index is 1.28. The highest BCUT2D eigenvalue weighted by Crippen LogP contribution is 2.36. The molecular weight excluding hydrogens is 536 g/mol. The third kappa shape index (κ3) is 5.74. The van der Waals surface area contributed by atoms with E-state index in [0.717, 1.165) is 66.8 Å².